The summed E-state index contributed by atoms with van der Waals surface area (Å²) in [6.45, 7) is 5.00. The Morgan fingerprint density at radius 2 is 1.64 bits per heavy atom. The number of nitrogens with zero attached hydrogens (tertiary/aromatic N) is 1. The Morgan fingerprint density at radius 1 is 0.955 bits per heavy atom. The molecule has 116 valence electrons. The van der Waals surface area contributed by atoms with Crippen molar-refractivity contribution in [3.63, 3.8) is 0 Å². The minimum atomic E-state index is 0.168. The third-order valence-electron chi connectivity index (χ3n) is 3.89. The van der Waals surface area contributed by atoms with E-state index in [1.165, 1.54) is 11.1 Å². The lowest BCUT2D eigenvalue weighted by Crippen LogP contribution is -2.43. The molecule has 0 bridgehead atoms. The molecule has 0 aliphatic carbocycles. The van der Waals surface area contributed by atoms with E-state index in [0.717, 1.165) is 26.2 Å². The van der Waals surface area contributed by atoms with Gasteiger partial charge in [-0.1, -0.05) is 60.7 Å². The summed E-state index contributed by atoms with van der Waals surface area (Å²) >= 11 is 0. The van der Waals surface area contributed by atoms with Gasteiger partial charge >= 0.3 is 0 Å². The van der Waals surface area contributed by atoms with Crippen LogP contribution in [-0.2, 0) is 22.6 Å². The van der Waals surface area contributed by atoms with E-state index >= 15 is 0 Å². The molecule has 0 spiro atoms. The Balaban J connectivity index is 1.42. The zero-order valence-corrected chi connectivity index (χ0v) is 12.9. The predicted octanol–water partition coefficient (Wildman–Crippen LogP) is 3.10. The van der Waals surface area contributed by atoms with Crippen LogP contribution in [0, 0.1) is 0 Å². The van der Waals surface area contributed by atoms with Crippen molar-refractivity contribution in [2.24, 2.45) is 0 Å². The van der Waals surface area contributed by atoms with Crippen LogP contribution in [0.2, 0.25) is 0 Å². The van der Waals surface area contributed by atoms with Gasteiger partial charge in [0.25, 0.3) is 0 Å². The normalized spacial score (nSPS) is 19.2. The summed E-state index contributed by atoms with van der Waals surface area (Å²) in [6.07, 6.45) is 0.168. The zero-order valence-electron chi connectivity index (χ0n) is 12.9. The smallest absolute Gasteiger partial charge is 0.0935 e. The minimum Gasteiger partial charge on any atom is -0.374 e. The maximum absolute atomic E-state index is 5.82. The van der Waals surface area contributed by atoms with Gasteiger partial charge in [-0.2, -0.15) is 0 Å². The van der Waals surface area contributed by atoms with Crippen LogP contribution in [0.4, 0.5) is 0 Å². The highest BCUT2D eigenvalue weighted by Crippen LogP contribution is 2.11. The van der Waals surface area contributed by atoms with Gasteiger partial charge in [-0.3, -0.25) is 4.90 Å². The van der Waals surface area contributed by atoms with Crippen molar-refractivity contribution in [3.8, 4) is 0 Å². The lowest BCUT2D eigenvalue weighted by atomic mass is 10.2. The maximum Gasteiger partial charge on any atom is 0.0935 e. The SMILES string of the molecule is c1ccc(COC[C@H]2CN(Cc3ccccc3)CCO2)cc1. The van der Waals surface area contributed by atoms with Crippen molar-refractivity contribution in [1.29, 1.82) is 0 Å². The summed E-state index contributed by atoms with van der Waals surface area (Å²) in [5.74, 6) is 0. The third-order valence-corrected chi connectivity index (χ3v) is 3.89. The molecule has 1 atom stereocenters. The number of rotatable bonds is 6. The summed E-state index contributed by atoms with van der Waals surface area (Å²) in [7, 11) is 0. The quantitative estimate of drug-likeness (QED) is 0.818. The van der Waals surface area contributed by atoms with Crippen LogP contribution < -0.4 is 0 Å². The van der Waals surface area contributed by atoms with Gasteiger partial charge in [0.1, 0.15) is 0 Å². The largest absolute Gasteiger partial charge is 0.374 e. The highest BCUT2D eigenvalue weighted by molar-refractivity contribution is 5.14. The van der Waals surface area contributed by atoms with Crippen molar-refractivity contribution >= 4 is 0 Å². The summed E-state index contributed by atoms with van der Waals surface area (Å²) in [5, 5.41) is 0. The molecular formula is C19H23NO2. The van der Waals surface area contributed by atoms with E-state index in [9.17, 15) is 0 Å². The molecule has 3 nitrogen and oxygen atoms in total. The number of ether oxygens (including phenoxy) is 2. The van der Waals surface area contributed by atoms with E-state index in [4.69, 9.17) is 9.47 Å². The van der Waals surface area contributed by atoms with Crippen molar-refractivity contribution in [3.05, 3.63) is 71.8 Å². The first-order valence-electron chi connectivity index (χ1n) is 7.90. The van der Waals surface area contributed by atoms with Crippen LogP contribution in [0.1, 0.15) is 11.1 Å². The molecule has 3 rings (SSSR count). The summed E-state index contributed by atoms with van der Waals surface area (Å²) in [5.41, 5.74) is 2.56. The highest BCUT2D eigenvalue weighted by Gasteiger charge is 2.20. The Hall–Kier alpha value is -1.68. The Kier molecular flexibility index (Phi) is 5.59. The summed E-state index contributed by atoms with van der Waals surface area (Å²) < 4.78 is 11.6. The van der Waals surface area contributed by atoms with E-state index in [-0.39, 0.29) is 6.10 Å². The molecule has 0 unspecified atom stereocenters. The first kappa shape index (κ1) is 15.2. The van der Waals surface area contributed by atoms with Crippen LogP contribution >= 0.6 is 0 Å². The topological polar surface area (TPSA) is 21.7 Å². The van der Waals surface area contributed by atoms with E-state index in [1.807, 2.05) is 18.2 Å². The second kappa shape index (κ2) is 8.08. The van der Waals surface area contributed by atoms with Gasteiger partial charge in [-0.05, 0) is 11.1 Å². The van der Waals surface area contributed by atoms with E-state index in [0.29, 0.717) is 13.2 Å². The fraction of sp³-hybridized carbons (Fsp3) is 0.368. The van der Waals surface area contributed by atoms with E-state index in [1.54, 1.807) is 0 Å². The molecule has 2 aromatic carbocycles. The second-order valence-electron chi connectivity index (χ2n) is 5.71. The fourth-order valence-corrected chi connectivity index (χ4v) is 2.75. The fourth-order valence-electron chi connectivity index (χ4n) is 2.75. The first-order chi connectivity index (χ1) is 10.9. The van der Waals surface area contributed by atoms with E-state index < -0.39 is 0 Å². The lowest BCUT2D eigenvalue weighted by molar-refractivity contribution is -0.0741. The van der Waals surface area contributed by atoms with Crippen LogP contribution in [-0.4, -0.2) is 37.3 Å². The Bertz CT molecular complexity index is 544. The predicted molar refractivity (Wildman–Crippen MR) is 87.6 cm³/mol. The van der Waals surface area contributed by atoms with Crippen molar-refractivity contribution in [1.82, 2.24) is 4.90 Å². The van der Waals surface area contributed by atoms with Crippen LogP contribution in [0.3, 0.4) is 0 Å². The summed E-state index contributed by atoms with van der Waals surface area (Å²) in [4.78, 5) is 2.44. The van der Waals surface area contributed by atoms with Crippen molar-refractivity contribution in [2.75, 3.05) is 26.3 Å². The molecular weight excluding hydrogens is 274 g/mol. The number of benzene rings is 2. The molecule has 1 aliphatic rings. The monoisotopic (exact) mass is 297 g/mol. The van der Waals surface area contributed by atoms with Crippen LogP contribution in [0.5, 0.6) is 0 Å². The van der Waals surface area contributed by atoms with Gasteiger partial charge in [-0.25, -0.2) is 0 Å². The third kappa shape index (κ3) is 4.67. The zero-order chi connectivity index (χ0) is 15.0. The Morgan fingerprint density at radius 3 is 2.36 bits per heavy atom. The molecule has 1 saturated heterocycles. The molecule has 1 fully saturated rings. The van der Waals surface area contributed by atoms with Crippen LogP contribution in [0.15, 0.2) is 60.7 Å². The average molecular weight is 297 g/mol. The molecule has 3 heteroatoms. The van der Waals surface area contributed by atoms with E-state index in [2.05, 4.69) is 47.4 Å². The molecule has 2 aromatic rings. The second-order valence-corrected chi connectivity index (χ2v) is 5.71. The van der Waals surface area contributed by atoms with Crippen LogP contribution in [0.25, 0.3) is 0 Å². The molecule has 0 N–H and O–H groups in total. The minimum absolute atomic E-state index is 0.168. The number of hydrogen-bond acceptors (Lipinski definition) is 3. The number of morpholine rings is 1. The Labute approximate surface area is 132 Å². The first-order valence-corrected chi connectivity index (χ1v) is 7.90. The molecule has 22 heavy (non-hydrogen) atoms. The average Bonchev–Trinajstić information content (AvgIpc) is 2.57. The molecule has 0 radical (unpaired) electrons. The summed E-state index contributed by atoms with van der Waals surface area (Å²) in [6, 6.07) is 20.9. The van der Waals surface area contributed by atoms with Gasteiger partial charge in [-0.15, -0.1) is 0 Å². The molecule has 1 heterocycles. The van der Waals surface area contributed by atoms with Gasteiger partial charge in [0.2, 0.25) is 0 Å². The maximum atomic E-state index is 5.82. The van der Waals surface area contributed by atoms with Gasteiger partial charge in [0.15, 0.2) is 0 Å². The number of hydrogen-bond donors (Lipinski definition) is 0. The van der Waals surface area contributed by atoms with Gasteiger partial charge < -0.3 is 9.47 Å². The molecule has 0 saturated carbocycles. The highest BCUT2D eigenvalue weighted by atomic mass is 16.5. The van der Waals surface area contributed by atoms with Gasteiger partial charge in [0.05, 0.1) is 25.9 Å². The standard InChI is InChI=1S/C19H23NO2/c1-3-7-17(8-4-1)13-20-11-12-22-19(14-20)16-21-15-18-9-5-2-6-10-18/h1-10,19H,11-16H2/t19-/m1/s1. The van der Waals surface area contributed by atoms with Gasteiger partial charge in [0, 0.05) is 19.6 Å². The van der Waals surface area contributed by atoms with Crippen molar-refractivity contribution < 1.29 is 9.47 Å². The lowest BCUT2D eigenvalue weighted by Gasteiger charge is -2.32. The molecule has 0 amide bonds. The molecule has 0 aromatic heterocycles. The van der Waals surface area contributed by atoms with Crippen molar-refractivity contribution in [2.45, 2.75) is 19.3 Å². The molecule has 1 aliphatic heterocycles.